The van der Waals surface area contributed by atoms with Crippen molar-refractivity contribution >= 4 is 12.0 Å². The number of fused-ring (bicyclic) bond motifs is 1. The molecular weight excluding hydrogens is 370 g/mol. The lowest BCUT2D eigenvalue weighted by Crippen LogP contribution is -2.40. The average Bonchev–Trinajstić information content (AvgIpc) is 2.99. The van der Waals surface area contributed by atoms with Gasteiger partial charge >= 0.3 is 6.09 Å². The highest BCUT2D eigenvalue weighted by atomic mass is 16.6. The van der Waals surface area contributed by atoms with E-state index in [4.69, 9.17) is 10.5 Å². The molecule has 0 bridgehead atoms. The zero-order valence-corrected chi connectivity index (χ0v) is 17.5. The standard InChI is InChI=1S/C21H29N5O3/c1-21(2,3)29-20(28)26-9-8-17-16(13-26)18(25(4)24-17)19(27)23-12-15-7-5-6-14(10-15)11-22/h5-7,10H,8-9,11-13,22H2,1-4H3,(H,23,27). The lowest BCUT2D eigenvalue weighted by atomic mass is 10.0. The van der Waals surface area contributed by atoms with Gasteiger partial charge in [-0.25, -0.2) is 4.79 Å². The smallest absolute Gasteiger partial charge is 0.410 e. The van der Waals surface area contributed by atoms with Gasteiger partial charge in [-0.3, -0.25) is 9.48 Å². The Hall–Kier alpha value is -2.87. The Kier molecular flexibility index (Phi) is 5.93. The third-order valence-corrected chi connectivity index (χ3v) is 4.74. The van der Waals surface area contributed by atoms with Gasteiger partial charge in [0.25, 0.3) is 5.91 Å². The molecule has 2 heterocycles. The summed E-state index contributed by atoms with van der Waals surface area (Å²) < 4.78 is 7.07. The molecule has 156 valence electrons. The van der Waals surface area contributed by atoms with Crippen LogP contribution in [-0.2, 0) is 37.8 Å². The molecule has 8 heteroatoms. The number of rotatable bonds is 4. The molecule has 0 spiro atoms. The minimum absolute atomic E-state index is 0.217. The number of aromatic nitrogens is 2. The summed E-state index contributed by atoms with van der Waals surface area (Å²) in [6.07, 6.45) is 0.214. The molecule has 8 nitrogen and oxygen atoms in total. The van der Waals surface area contributed by atoms with Crippen LogP contribution in [0.25, 0.3) is 0 Å². The minimum Gasteiger partial charge on any atom is -0.444 e. The SMILES string of the molecule is Cn1nc2c(c1C(=O)NCc1cccc(CN)c1)CN(C(=O)OC(C)(C)C)CC2. The molecular formula is C21H29N5O3. The molecule has 0 fully saturated rings. The highest BCUT2D eigenvalue weighted by Gasteiger charge is 2.31. The number of aryl methyl sites for hydroxylation is 1. The molecule has 0 saturated carbocycles. The van der Waals surface area contributed by atoms with Crippen LogP contribution in [-0.4, -0.2) is 38.8 Å². The van der Waals surface area contributed by atoms with Gasteiger partial charge in [0.15, 0.2) is 0 Å². The van der Waals surface area contributed by atoms with E-state index in [9.17, 15) is 9.59 Å². The van der Waals surface area contributed by atoms with Crippen LogP contribution in [0.4, 0.5) is 4.79 Å². The molecule has 1 aromatic heterocycles. The van der Waals surface area contributed by atoms with Gasteiger partial charge < -0.3 is 20.7 Å². The molecule has 2 amide bonds. The highest BCUT2D eigenvalue weighted by Crippen LogP contribution is 2.23. The van der Waals surface area contributed by atoms with Crippen LogP contribution in [0.5, 0.6) is 0 Å². The van der Waals surface area contributed by atoms with Gasteiger partial charge in [0.1, 0.15) is 11.3 Å². The fourth-order valence-electron chi connectivity index (χ4n) is 3.40. The van der Waals surface area contributed by atoms with Crippen molar-refractivity contribution in [2.75, 3.05) is 6.54 Å². The predicted octanol–water partition coefficient (Wildman–Crippen LogP) is 2.10. The second kappa shape index (κ2) is 8.24. The van der Waals surface area contributed by atoms with Gasteiger partial charge in [0.05, 0.1) is 12.2 Å². The van der Waals surface area contributed by atoms with E-state index in [1.165, 1.54) is 0 Å². The second-order valence-electron chi connectivity index (χ2n) is 8.26. The molecule has 3 rings (SSSR count). The van der Waals surface area contributed by atoms with Crippen LogP contribution in [0, 0.1) is 0 Å². The predicted molar refractivity (Wildman–Crippen MR) is 109 cm³/mol. The summed E-state index contributed by atoms with van der Waals surface area (Å²) in [5.41, 5.74) is 9.21. The summed E-state index contributed by atoms with van der Waals surface area (Å²) >= 11 is 0. The van der Waals surface area contributed by atoms with Gasteiger partial charge in [0.2, 0.25) is 0 Å². The first-order valence-corrected chi connectivity index (χ1v) is 9.76. The van der Waals surface area contributed by atoms with Crippen LogP contribution < -0.4 is 11.1 Å². The molecule has 2 aromatic rings. The molecule has 1 aliphatic heterocycles. The minimum atomic E-state index is -0.565. The first-order chi connectivity index (χ1) is 13.7. The van der Waals surface area contributed by atoms with E-state index in [0.29, 0.717) is 38.3 Å². The number of benzene rings is 1. The van der Waals surface area contributed by atoms with E-state index in [2.05, 4.69) is 10.4 Å². The molecule has 0 radical (unpaired) electrons. The van der Waals surface area contributed by atoms with Gasteiger partial charge in [-0.1, -0.05) is 24.3 Å². The average molecular weight is 399 g/mol. The van der Waals surface area contributed by atoms with Crippen molar-refractivity contribution in [3.63, 3.8) is 0 Å². The Morgan fingerprint density at radius 1 is 1.28 bits per heavy atom. The number of nitrogens with zero attached hydrogens (tertiary/aromatic N) is 3. The van der Waals surface area contributed by atoms with Crippen molar-refractivity contribution in [2.45, 2.75) is 52.4 Å². The third-order valence-electron chi connectivity index (χ3n) is 4.74. The van der Waals surface area contributed by atoms with Crippen molar-refractivity contribution in [1.82, 2.24) is 20.0 Å². The first-order valence-electron chi connectivity index (χ1n) is 9.76. The monoisotopic (exact) mass is 399 g/mol. The lowest BCUT2D eigenvalue weighted by Gasteiger charge is -2.29. The summed E-state index contributed by atoms with van der Waals surface area (Å²) in [4.78, 5) is 27.0. The van der Waals surface area contributed by atoms with Crippen molar-refractivity contribution in [3.8, 4) is 0 Å². The Bertz CT molecular complexity index is 914. The summed E-state index contributed by atoms with van der Waals surface area (Å²) in [6, 6.07) is 7.80. The number of ether oxygens (including phenoxy) is 1. The quantitative estimate of drug-likeness (QED) is 0.820. The molecule has 1 aromatic carbocycles. The molecule has 0 saturated heterocycles. The fourth-order valence-corrected chi connectivity index (χ4v) is 3.40. The molecule has 1 aliphatic rings. The molecule has 0 aliphatic carbocycles. The van der Waals surface area contributed by atoms with E-state index in [1.54, 1.807) is 16.6 Å². The maximum Gasteiger partial charge on any atom is 0.410 e. The summed E-state index contributed by atoms with van der Waals surface area (Å²) in [5.74, 6) is -0.217. The summed E-state index contributed by atoms with van der Waals surface area (Å²) in [6.45, 7) is 7.18. The maximum atomic E-state index is 12.9. The number of hydrogen-bond acceptors (Lipinski definition) is 5. The second-order valence-corrected chi connectivity index (χ2v) is 8.26. The summed E-state index contributed by atoms with van der Waals surface area (Å²) in [5, 5.41) is 7.43. The largest absolute Gasteiger partial charge is 0.444 e. The third kappa shape index (κ3) is 4.95. The first kappa shape index (κ1) is 20.9. The van der Waals surface area contributed by atoms with E-state index in [1.807, 2.05) is 45.0 Å². The van der Waals surface area contributed by atoms with E-state index in [0.717, 1.165) is 22.4 Å². The van der Waals surface area contributed by atoms with Crippen LogP contribution >= 0.6 is 0 Å². The van der Waals surface area contributed by atoms with Crippen molar-refractivity contribution in [2.24, 2.45) is 12.8 Å². The number of amides is 2. The zero-order valence-electron chi connectivity index (χ0n) is 17.5. The highest BCUT2D eigenvalue weighted by molar-refractivity contribution is 5.94. The lowest BCUT2D eigenvalue weighted by molar-refractivity contribution is 0.0222. The number of carbonyl (C=O) groups excluding carboxylic acids is 2. The van der Waals surface area contributed by atoms with Crippen LogP contribution in [0.1, 0.15) is 53.6 Å². The van der Waals surface area contributed by atoms with Gasteiger partial charge in [-0.05, 0) is 31.9 Å². The van der Waals surface area contributed by atoms with Crippen molar-refractivity contribution in [3.05, 3.63) is 52.3 Å². The number of nitrogens with two attached hydrogens (primary N) is 1. The Morgan fingerprint density at radius 3 is 2.69 bits per heavy atom. The molecule has 29 heavy (non-hydrogen) atoms. The number of carbonyl (C=O) groups is 2. The van der Waals surface area contributed by atoms with Gasteiger partial charge in [-0.15, -0.1) is 0 Å². The zero-order chi connectivity index (χ0) is 21.2. The summed E-state index contributed by atoms with van der Waals surface area (Å²) in [7, 11) is 1.75. The van der Waals surface area contributed by atoms with E-state index in [-0.39, 0.29) is 12.0 Å². The maximum absolute atomic E-state index is 12.9. The normalized spacial score (nSPS) is 13.8. The van der Waals surface area contributed by atoms with Crippen LogP contribution in [0.2, 0.25) is 0 Å². The van der Waals surface area contributed by atoms with Crippen LogP contribution in [0.15, 0.2) is 24.3 Å². The van der Waals surface area contributed by atoms with E-state index < -0.39 is 5.60 Å². The van der Waals surface area contributed by atoms with Crippen LogP contribution in [0.3, 0.4) is 0 Å². The van der Waals surface area contributed by atoms with Crippen molar-refractivity contribution in [1.29, 1.82) is 0 Å². The Labute approximate surface area is 171 Å². The Morgan fingerprint density at radius 2 is 2.00 bits per heavy atom. The van der Waals surface area contributed by atoms with Gasteiger partial charge in [0, 0.05) is 38.7 Å². The Balaban J connectivity index is 1.73. The topological polar surface area (TPSA) is 102 Å². The number of nitrogens with one attached hydrogen (secondary N) is 1. The molecule has 0 unspecified atom stereocenters. The molecule has 3 N–H and O–H groups in total. The fraction of sp³-hybridized carbons (Fsp3) is 0.476. The molecule has 0 atom stereocenters. The number of hydrogen-bond donors (Lipinski definition) is 2. The van der Waals surface area contributed by atoms with E-state index >= 15 is 0 Å². The van der Waals surface area contributed by atoms with Gasteiger partial charge in [-0.2, -0.15) is 5.10 Å². The van der Waals surface area contributed by atoms with Crippen molar-refractivity contribution < 1.29 is 14.3 Å².